The van der Waals surface area contributed by atoms with Crippen LogP contribution in [0.3, 0.4) is 0 Å². The van der Waals surface area contributed by atoms with Crippen LogP contribution in [0.15, 0.2) is 65.6 Å². The second kappa shape index (κ2) is 8.95. The van der Waals surface area contributed by atoms with Crippen LogP contribution in [0.25, 0.3) is 0 Å². The van der Waals surface area contributed by atoms with Gasteiger partial charge in [0.25, 0.3) is 15.9 Å². The first kappa shape index (κ1) is 24.6. The molecule has 35 heavy (non-hydrogen) atoms. The molecule has 0 saturated heterocycles. The summed E-state index contributed by atoms with van der Waals surface area (Å²) in [6.07, 6.45) is 0. The molecule has 182 valence electrons. The number of urea groups is 1. The first-order valence-corrected chi connectivity index (χ1v) is 12.2. The Morgan fingerprint density at radius 1 is 1.00 bits per heavy atom. The number of fused-ring (bicyclic) bond motifs is 1. The standard InChI is InChI=1S/C23H19Cl2N3O6S/c1-33-14-8-10-20(19(12-14)34-2)35(31,32)28-18-9-7-13(24)11-16(18)23(21(28)29,27-22(26)30)15-5-3-4-6-17(15)25/h3-12H,1-2H3,(H3,26,27,30). The molecule has 1 heterocycles. The van der Waals surface area contributed by atoms with E-state index in [1.165, 1.54) is 62.8 Å². The summed E-state index contributed by atoms with van der Waals surface area (Å²) in [5.41, 5.74) is 3.56. The zero-order valence-corrected chi connectivity index (χ0v) is 20.7. The molecule has 3 aromatic rings. The van der Waals surface area contributed by atoms with E-state index in [0.29, 0.717) is 10.1 Å². The van der Waals surface area contributed by atoms with E-state index < -0.39 is 27.5 Å². The van der Waals surface area contributed by atoms with E-state index in [4.69, 9.17) is 38.4 Å². The van der Waals surface area contributed by atoms with Gasteiger partial charge >= 0.3 is 6.03 Å². The van der Waals surface area contributed by atoms with Crippen molar-refractivity contribution in [3.05, 3.63) is 81.8 Å². The molecule has 0 saturated carbocycles. The predicted octanol–water partition coefficient (Wildman–Crippen LogP) is 3.66. The maximum absolute atomic E-state index is 14.1. The van der Waals surface area contributed by atoms with Crippen LogP contribution < -0.4 is 24.8 Å². The van der Waals surface area contributed by atoms with Crippen molar-refractivity contribution < 1.29 is 27.5 Å². The highest BCUT2D eigenvalue weighted by atomic mass is 35.5. The number of halogens is 2. The monoisotopic (exact) mass is 535 g/mol. The van der Waals surface area contributed by atoms with Gasteiger partial charge in [-0.2, -0.15) is 4.31 Å². The molecule has 0 radical (unpaired) electrons. The number of methoxy groups -OCH3 is 2. The average molecular weight is 536 g/mol. The number of hydrogen-bond donors (Lipinski definition) is 2. The summed E-state index contributed by atoms with van der Waals surface area (Å²) < 4.78 is 38.9. The van der Waals surface area contributed by atoms with E-state index in [9.17, 15) is 18.0 Å². The molecule has 0 aromatic heterocycles. The number of anilines is 1. The predicted molar refractivity (Wildman–Crippen MR) is 131 cm³/mol. The fourth-order valence-corrected chi connectivity index (χ4v) is 6.14. The first-order valence-electron chi connectivity index (χ1n) is 10.0. The molecule has 0 aliphatic carbocycles. The number of hydrogen-bond acceptors (Lipinski definition) is 6. The fraction of sp³-hybridized carbons (Fsp3) is 0.130. The second-order valence-corrected chi connectivity index (χ2v) is 10.1. The average Bonchev–Trinajstić information content (AvgIpc) is 3.06. The number of rotatable bonds is 6. The molecule has 12 heteroatoms. The maximum Gasteiger partial charge on any atom is 0.313 e. The third kappa shape index (κ3) is 3.83. The minimum atomic E-state index is -4.58. The summed E-state index contributed by atoms with van der Waals surface area (Å²) in [6.45, 7) is 0. The van der Waals surface area contributed by atoms with E-state index in [1.54, 1.807) is 12.1 Å². The number of benzene rings is 3. The minimum Gasteiger partial charge on any atom is -0.497 e. The van der Waals surface area contributed by atoms with E-state index in [-0.39, 0.29) is 37.5 Å². The molecule has 1 aliphatic heterocycles. The lowest BCUT2D eigenvalue weighted by Gasteiger charge is -2.30. The number of primary amides is 1. The van der Waals surface area contributed by atoms with E-state index in [0.717, 1.165) is 0 Å². The summed E-state index contributed by atoms with van der Waals surface area (Å²) in [5, 5.41) is 2.73. The van der Waals surface area contributed by atoms with Crippen molar-refractivity contribution in [3.63, 3.8) is 0 Å². The van der Waals surface area contributed by atoms with Crippen molar-refractivity contribution in [2.45, 2.75) is 10.4 Å². The van der Waals surface area contributed by atoms with Crippen molar-refractivity contribution in [1.29, 1.82) is 0 Å². The number of nitrogens with zero attached hydrogens (tertiary/aromatic N) is 1. The lowest BCUT2D eigenvalue weighted by Crippen LogP contribution is -2.56. The number of carbonyl (C=O) groups excluding carboxylic acids is 2. The van der Waals surface area contributed by atoms with E-state index in [1.807, 2.05) is 0 Å². The van der Waals surface area contributed by atoms with E-state index >= 15 is 0 Å². The Morgan fingerprint density at radius 3 is 2.34 bits per heavy atom. The fourth-order valence-electron chi connectivity index (χ4n) is 4.09. The van der Waals surface area contributed by atoms with Crippen molar-refractivity contribution in [3.8, 4) is 11.5 Å². The van der Waals surface area contributed by atoms with Gasteiger partial charge in [-0.15, -0.1) is 0 Å². The topological polar surface area (TPSA) is 128 Å². The first-order chi connectivity index (χ1) is 16.6. The van der Waals surface area contributed by atoms with Crippen LogP contribution in [0.2, 0.25) is 10.0 Å². The quantitative estimate of drug-likeness (QED) is 0.495. The molecule has 4 rings (SSSR count). The Hall–Kier alpha value is -3.47. The van der Waals surface area contributed by atoms with Crippen LogP contribution in [0.1, 0.15) is 11.1 Å². The summed E-state index contributed by atoms with van der Waals surface area (Å²) in [7, 11) is -1.88. The van der Waals surface area contributed by atoms with Crippen molar-refractivity contribution in [2.75, 3.05) is 18.5 Å². The Bertz CT molecular complexity index is 1460. The highest BCUT2D eigenvalue weighted by Gasteiger charge is 2.58. The highest BCUT2D eigenvalue weighted by molar-refractivity contribution is 7.93. The molecule has 3 aromatic carbocycles. The lowest BCUT2D eigenvalue weighted by atomic mass is 9.84. The van der Waals surface area contributed by atoms with Gasteiger partial charge in [0, 0.05) is 27.2 Å². The molecule has 3 N–H and O–H groups in total. The molecule has 1 unspecified atom stereocenters. The second-order valence-electron chi connectivity index (χ2n) is 7.47. The third-order valence-corrected chi connectivity index (χ3v) is 7.87. The van der Waals surface area contributed by atoms with Gasteiger partial charge in [-0.3, -0.25) is 4.79 Å². The Labute approximate surface area is 211 Å². The van der Waals surface area contributed by atoms with Gasteiger partial charge in [0.2, 0.25) is 0 Å². The van der Waals surface area contributed by atoms with Gasteiger partial charge in [-0.25, -0.2) is 13.2 Å². The summed E-state index contributed by atoms with van der Waals surface area (Å²) >= 11 is 12.7. The summed E-state index contributed by atoms with van der Waals surface area (Å²) in [6, 6.07) is 13.4. The Morgan fingerprint density at radius 2 is 1.71 bits per heavy atom. The van der Waals surface area contributed by atoms with E-state index in [2.05, 4.69) is 5.32 Å². The van der Waals surface area contributed by atoms with Crippen molar-refractivity contribution >= 4 is 50.9 Å². The van der Waals surface area contributed by atoms with Crippen LogP contribution in [0.4, 0.5) is 10.5 Å². The molecular formula is C23H19Cl2N3O6S. The number of ether oxygens (including phenoxy) is 2. The number of nitrogens with one attached hydrogen (secondary N) is 1. The van der Waals surface area contributed by atoms with Gasteiger partial charge in [0.05, 0.1) is 19.9 Å². The number of nitrogens with two attached hydrogens (primary N) is 1. The largest absolute Gasteiger partial charge is 0.497 e. The van der Waals surface area contributed by atoms with Crippen LogP contribution >= 0.6 is 23.2 Å². The molecule has 1 aliphatic rings. The SMILES string of the molecule is COc1ccc(S(=O)(=O)N2C(=O)C(NC(N)=O)(c3ccccc3Cl)c3cc(Cl)ccc32)c(OC)c1. The van der Waals surface area contributed by atoms with Crippen LogP contribution in [0.5, 0.6) is 11.5 Å². The molecule has 3 amide bonds. The Kier molecular flexibility index (Phi) is 6.31. The lowest BCUT2D eigenvalue weighted by molar-refractivity contribution is -0.121. The summed E-state index contributed by atoms with van der Waals surface area (Å²) in [5.74, 6) is -0.730. The maximum atomic E-state index is 14.1. The molecule has 9 nitrogen and oxygen atoms in total. The smallest absolute Gasteiger partial charge is 0.313 e. The normalized spacial score (nSPS) is 17.1. The third-order valence-electron chi connectivity index (χ3n) is 5.56. The summed E-state index contributed by atoms with van der Waals surface area (Å²) in [4.78, 5) is 26.0. The van der Waals surface area contributed by atoms with Gasteiger partial charge in [-0.1, -0.05) is 41.4 Å². The van der Waals surface area contributed by atoms with Crippen molar-refractivity contribution in [2.24, 2.45) is 5.73 Å². The van der Waals surface area contributed by atoms with Crippen molar-refractivity contribution in [1.82, 2.24) is 5.32 Å². The number of sulfonamides is 1. The molecular weight excluding hydrogens is 517 g/mol. The Balaban J connectivity index is 2.05. The zero-order chi connectivity index (χ0) is 25.5. The van der Waals surface area contributed by atoms with Gasteiger partial charge in [0.1, 0.15) is 16.4 Å². The van der Waals surface area contributed by atoms with Gasteiger partial charge in [0.15, 0.2) is 5.54 Å². The molecule has 0 fully saturated rings. The highest BCUT2D eigenvalue weighted by Crippen LogP contribution is 2.49. The minimum absolute atomic E-state index is 0.0362. The number of carbonyl (C=O) groups is 2. The number of amides is 3. The zero-order valence-electron chi connectivity index (χ0n) is 18.4. The molecule has 0 spiro atoms. The van der Waals surface area contributed by atoms with Gasteiger partial charge in [-0.05, 0) is 36.4 Å². The molecule has 1 atom stereocenters. The van der Waals surface area contributed by atoms with Gasteiger partial charge < -0.3 is 20.5 Å². The van der Waals surface area contributed by atoms with Crippen LogP contribution in [-0.2, 0) is 20.4 Å². The van der Waals surface area contributed by atoms with Crippen LogP contribution in [0, 0.1) is 0 Å². The van der Waals surface area contributed by atoms with Crippen LogP contribution in [-0.4, -0.2) is 34.6 Å². The molecule has 0 bridgehead atoms.